The van der Waals surface area contributed by atoms with Gasteiger partial charge in [0.25, 0.3) is 11.8 Å². The summed E-state index contributed by atoms with van der Waals surface area (Å²) in [6, 6.07) is 14.9. The van der Waals surface area contributed by atoms with Gasteiger partial charge in [0.2, 0.25) is 5.55 Å². The summed E-state index contributed by atoms with van der Waals surface area (Å²) in [5.41, 5.74) is 8.58. The molecule has 0 bridgehead atoms. The number of hydrogen-bond donors (Lipinski definition) is 2. The molecule has 7 heteroatoms. The summed E-state index contributed by atoms with van der Waals surface area (Å²) in [5.74, 6) is -1.17. The SMILES string of the molecule is NC(=O)c1cc2ccccc2oc1=NNC(=O)c1ccc(Cl)cc1. The standard InChI is InChI=1S/C17H12ClN3O3/c18-12-7-5-10(6-8-12)16(23)20-21-17-13(15(19)22)9-11-3-1-2-4-14(11)24-17/h1-9H,(H2,19,22)(H,20,23). The van der Waals surface area contributed by atoms with Crippen molar-refractivity contribution in [2.75, 3.05) is 0 Å². The molecule has 1 heterocycles. The van der Waals surface area contributed by atoms with Crippen LogP contribution in [0.25, 0.3) is 11.0 Å². The highest BCUT2D eigenvalue weighted by molar-refractivity contribution is 6.30. The maximum absolute atomic E-state index is 12.1. The molecular formula is C17H12ClN3O3. The van der Waals surface area contributed by atoms with Crippen LogP contribution < -0.4 is 16.7 Å². The predicted molar refractivity (Wildman–Crippen MR) is 89.2 cm³/mol. The Hall–Kier alpha value is -3.12. The van der Waals surface area contributed by atoms with Gasteiger partial charge >= 0.3 is 0 Å². The number of amides is 2. The fraction of sp³-hybridized carbons (Fsp3) is 0. The zero-order valence-corrected chi connectivity index (χ0v) is 13.1. The van der Waals surface area contributed by atoms with Crippen molar-refractivity contribution >= 4 is 34.4 Å². The van der Waals surface area contributed by atoms with E-state index in [0.717, 1.165) is 0 Å². The highest BCUT2D eigenvalue weighted by atomic mass is 35.5. The van der Waals surface area contributed by atoms with E-state index in [2.05, 4.69) is 10.5 Å². The third-order valence-electron chi connectivity index (χ3n) is 3.29. The molecule has 0 atom stereocenters. The Morgan fingerprint density at radius 2 is 1.79 bits per heavy atom. The Morgan fingerprint density at radius 3 is 2.50 bits per heavy atom. The van der Waals surface area contributed by atoms with Crippen molar-refractivity contribution in [2.45, 2.75) is 0 Å². The number of carbonyl (C=O) groups is 2. The van der Waals surface area contributed by atoms with Crippen LogP contribution >= 0.6 is 11.6 Å². The number of rotatable bonds is 3. The second-order valence-corrected chi connectivity index (χ2v) is 5.36. The third-order valence-corrected chi connectivity index (χ3v) is 3.54. The van der Waals surface area contributed by atoms with Crippen LogP contribution in [0.4, 0.5) is 0 Å². The minimum atomic E-state index is -0.705. The van der Waals surface area contributed by atoms with E-state index in [1.54, 1.807) is 48.5 Å². The summed E-state index contributed by atoms with van der Waals surface area (Å²) in [4.78, 5) is 23.7. The number of primary amides is 1. The highest BCUT2D eigenvalue weighted by Gasteiger charge is 2.10. The molecule has 3 aromatic rings. The van der Waals surface area contributed by atoms with Gasteiger partial charge in [-0.25, -0.2) is 5.43 Å². The monoisotopic (exact) mass is 341 g/mol. The fourth-order valence-corrected chi connectivity index (χ4v) is 2.22. The second-order valence-electron chi connectivity index (χ2n) is 4.93. The van der Waals surface area contributed by atoms with E-state index in [9.17, 15) is 9.59 Å². The molecule has 0 aliphatic heterocycles. The average molecular weight is 342 g/mol. The number of nitrogens with zero attached hydrogens (tertiary/aromatic N) is 1. The van der Waals surface area contributed by atoms with Crippen LogP contribution in [0.1, 0.15) is 20.7 Å². The lowest BCUT2D eigenvalue weighted by Gasteiger charge is -2.03. The molecule has 0 fully saturated rings. The number of nitrogens with one attached hydrogen (secondary N) is 1. The van der Waals surface area contributed by atoms with Crippen LogP contribution in [0.15, 0.2) is 64.1 Å². The van der Waals surface area contributed by atoms with E-state index in [1.165, 1.54) is 0 Å². The van der Waals surface area contributed by atoms with Crippen molar-refractivity contribution in [3.63, 3.8) is 0 Å². The van der Waals surface area contributed by atoms with Gasteiger partial charge in [-0.3, -0.25) is 9.59 Å². The molecule has 24 heavy (non-hydrogen) atoms. The van der Waals surface area contributed by atoms with E-state index in [1.807, 2.05) is 6.07 Å². The summed E-state index contributed by atoms with van der Waals surface area (Å²) in [6.45, 7) is 0. The Morgan fingerprint density at radius 1 is 1.08 bits per heavy atom. The van der Waals surface area contributed by atoms with Crippen molar-refractivity contribution < 1.29 is 14.0 Å². The third kappa shape index (κ3) is 3.28. The minimum Gasteiger partial charge on any atom is -0.436 e. The molecule has 0 saturated carbocycles. The maximum Gasteiger partial charge on any atom is 0.271 e. The molecule has 2 amide bonds. The molecule has 2 aromatic carbocycles. The molecule has 3 rings (SSSR count). The number of carbonyl (C=O) groups excluding carboxylic acids is 2. The summed E-state index contributed by atoms with van der Waals surface area (Å²) in [6.07, 6.45) is 0. The van der Waals surface area contributed by atoms with Crippen LogP contribution in [0.3, 0.4) is 0 Å². The summed E-state index contributed by atoms with van der Waals surface area (Å²) >= 11 is 5.78. The number of nitrogens with two attached hydrogens (primary N) is 1. The minimum absolute atomic E-state index is 0.0662. The molecule has 0 aliphatic rings. The van der Waals surface area contributed by atoms with Crippen molar-refractivity contribution in [1.29, 1.82) is 0 Å². The van der Waals surface area contributed by atoms with Crippen LogP contribution in [-0.2, 0) is 0 Å². The zero-order valence-electron chi connectivity index (χ0n) is 12.3. The second kappa shape index (κ2) is 6.55. The van der Waals surface area contributed by atoms with Crippen LogP contribution in [-0.4, -0.2) is 11.8 Å². The van der Waals surface area contributed by atoms with Crippen LogP contribution in [0, 0.1) is 0 Å². The Bertz CT molecular complexity index is 994. The number of fused-ring (bicyclic) bond motifs is 1. The summed E-state index contributed by atoms with van der Waals surface area (Å²) in [5, 5.41) is 5.10. The first-order valence-electron chi connectivity index (χ1n) is 6.97. The fourth-order valence-electron chi connectivity index (χ4n) is 2.10. The molecule has 6 nitrogen and oxygen atoms in total. The number of halogens is 1. The first kappa shape index (κ1) is 15.8. The van der Waals surface area contributed by atoms with Crippen molar-refractivity contribution in [2.24, 2.45) is 10.8 Å². The molecule has 0 spiro atoms. The molecule has 120 valence electrons. The van der Waals surface area contributed by atoms with E-state index in [-0.39, 0.29) is 11.1 Å². The predicted octanol–water partition coefficient (Wildman–Crippen LogP) is 2.43. The number of hydrogen-bond acceptors (Lipinski definition) is 4. The normalized spacial score (nSPS) is 11.5. The lowest BCUT2D eigenvalue weighted by molar-refractivity contribution is 0.0946. The molecule has 0 unspecified atom stereocenters. The van der Waals surface area contributed by atoms with Gasteiger partial charge in [0.15, 0.2) is 0 Å². The zero-order chi connectivity index (χ0) is 17.1. The van der Waals surface area contributed by atoms with Crippen molar-refractivity contribution in [3.8, 4) is 0 Å². The maximum atomic E-state index is 12.1. The van der Waals surface area contributed by atoms with E-state index < -0.39 is 11.8 Å². The molecule has 0 saturated heterocycles. The van der Waals surface area contributed by atoms with E-state index in [4.69, 9.17) is 21.8 Å². The Labute approximate surface area is 141 Å². The van der Waals surface area contributed by atoms with Gasteiger partial charge in [-0.05, 0) is 36.4 Å². The van der Waals surface area contributed by atoms with Gasteiger partial charge in [-0.1, -0.05) is 29.8 Å². The topological polar surface area (TPSA) is 97.7 Å². The summed E-state index contributed by atoms with van der Waals surface area (Å²) in [7, 11) is 0. The van der Waals surface area contributed by atoms with E-state index >= 15 is 0 Å². The largest absolute Gasteiger partial charge is 0.436 e. The molecule has 1 aromatic heterocycles. The highest BCUT2D eigenvalue weighted by Crippen LogP contribution is 2.12. The van der Waals surface area contributed by atoms with Crippen molar-refractivity contribution in [1.82, 2.24) is 5.43 Å². The molecule has 3 N–H and O–H groups in total. The lowest BCUT2D eigenvalue weighted by Crippen LogP contribution is -2.27. The molecule has 0 radical (unpaired) electrons. The molecule has 0 aliphatic carbocycles. The van der Waals surface area contributed by atoms with Gasteiger partial charge in [0, 0.05) is 16.0 Å². The quantitative estimate of drug-likeness (QED) is 0.716. The lowest BCUT2D eigenvalue weighted by atomic mass is 10.2. The van der Waals surface area contributed by atoms with Gasteiger partial charge in [-0.15, -0.1) is 5.10 Å². The Kier molecular flexibility index (Phi) is 4.31. The van der Waals surface area contributed by atoms with Crippen LogP contribution in [0.2, 0.25) is 5.02 Å². The van der Waals surface area contributed by atoms with Crippen LogP contribution in [0.5, 0.6) is 0 Å². The van der Waals surface area contributed by atoms with Gasteiger partial charge in [-0.2, -0.15) is 0 Å². The number of para-hydroxylation sites is 1. The van der Waals surface area contributed by atoms with E-state index in [0.29, 0.717) is 21.6 Å². The average Bonchev–Trinajstić information content (AvgIpc) is 2.59. The van der Waals surface area contributed by atoms with Gasteiger partial charge in [0.1, 0.15) is 11.1 Å². The first-order valence-corrected chi connectivity index (χ1v) is 7.35. The summed E-state index contributed by atoms with van der Waals surface area (Å²) < 4.78 is 5.56. The van der Waals surface area contributed by atoms with Crippen molar-refractivity contribution in [3.05, 3.63) is 76.3 Å². The Balaban J connectivity index is 1.99. The smallest absolute Gasteiger partial charge is 0.271 e. The van der Waals surface area contributed by atoms with Gasteiger partial charge < -0.3 is 10.2 Å². The first-order chi connectivity index (χ1) is 11.5. The molecular weight excluding hydrogens is 330 g/mol. The van der Waals surface area contributed by atoms with Gasteiger partial charge in [0.05, 0.1) is 0 Å². The number of benzene rings is 2.